The Labute approximate surface area is 127 Å². The Bertz CT molecular complexity index is 601. The van der Waals surface area contributed by atoms with Gasteiger partial charge in [-0.25, -0.2) is 0 Å². The van der Waals surface area contributed by atoms with Gasteiger partial charge in [0, 0.05) is 11.6 Å². The second-order valence-corrected chi connectivity index (χ2v) is 6.01. The normalized spacial score (nSPS) is 11.2. The number of aromatic hydroxyl groups is 1. The van der Waals surface area contributed by atoms with Crippen LogP contribution in [0.3, 0.4) is 0 Å². The fourth-order valence-corrected chi connectivity index (χ4v) is 2.75. The lowest BCUT2D eigenvalue weighted by Crippen LogP contribution is -2.01. The SMILES string of the molecule is COc1cc(O)ccc1-c1c(C(C)C)cccc1C(C)C. The number of phenolic OH excluding ortho intramolecular Hbond substituents is 1. The molecule has 0 bridgehead atoms. The monoisotopic (exact) mass is 284 g/mol. The number of benzene rings is 2. The molecule has 21 heavy (non-hydrogen) atoms. The summed E-state index contributed by atoms with van der Waals surface area (Å²) in [5.41, 5.74) is 4.90. The molecule has 0 aliphatic heterocycles. The van der Waals surface area contributed by atoms with Gasteiger partial charge in [-0.1, -0.05) is 45.9 Å². The molecule has 0 fully saturated rings. The minimum absolute atomic E-state index is 0.226. The molecule has 0 saturated heterocycles. The molecule has 1 N–H and O–H groups in total. The maximum atomic E-state index is 9.69. The van der Waals surface area contributed by atoms with Gasteiger partial charge in [-0.15, -0.1) is 0 Å². The molecule has 0 spiro atoms. The van der Waals surface area contributed by atoms with Crippen LogP contribution in [-0.2, 0) is 0 Å². The summed E-state index contributed by atoms with van der Waals surface area (Å²) in [5, 5.41) is 9.69. The van der Waals surface area contributed by atoms with Gasteiger partial charge in [-0.2, -0.15) is 0 Å². The highest BCUT2D eigenvalue weighted by molar-refractivity contribution is 5.78. The lowest BCUT2D eigenvalue weighted by atomic mass is 9.85. The van der Waals surface area contributed by atoms with Gasteiger partial charge in [-0.3, -0.25) is 0 Å². The second kappa shape index (κ2) is 6.21. The molecule has 0 aliphatic rings. The van der Waals surface area contributed by atoms with E-state index in [0.29, 0.717) is 17.6 Å². The van der Waals surface area contributed by atoms with E-state index < -0.39 is 0 Å². The zero-order valence-electron chi connectivity index (χ0n) is 13.5. The van der Waals surface area contributed by atoms with Crippen LogP contribution in [0, 0.1) is 0 Å². The summed E-state index contributed by atoms with van der Waals surface area (Å²) in [6.07, 6.45) is 0. The molecule has 2 heteroatoms. The van der Waals surface area contributed by atoms with Crippen molar-refractivity contribution in [2.75, 3.05) is 7.11 Å². The highest BCUT2D eigenvalue weighted by Gasteiger charge is 2.18. The molecule has 2 aromatic carbocycles. The van der Waals surface area contributed by atoms with E-state index in [0.717, 1.165) is 5.56 Å². The molecule has 0 atom stereocenters. The van der Waals surface area contributed by atoms with E-state index in [4.69, 9.17) is 4.74 Å². The summed E-state index contributed by atoms with van der Waals surface area (Å²) in [5.74, 6) is 1.79. The number of phenols is 1. The van der Waals surface area contributed by atoms with Crippen LogP contribution in [0.4, 0.5) is 0 Å². The Morgan fingerprint density at radius 1 is 0.905 bits per heavy atom. The van der Waals surface area contributed by atoms with Crippen molar-refractivity contribution in [1.82, 2.24) is 0 Å². The summed E-state index contributed by atoms with van der Waals surface area (Å²) >= 11 is 0. The Morgan fingerprint density at radius 2 is 1.48 bits per heavy atom. The van der Waals surface area contributed by atoms with Crippen molar-refractivity contribution in [3.63, 3.8) is 0 Å². The van der Waals surface area contributed by atoms with Gasteiger partial charge in [0.1, 0.15) is 11.5 Å². The Balaban J connectivity index is 2.78. The van der Waals surface area contributed by atoms with Crippen molar-refractivity contribution in [3.05, 3.63) is 47.5 Å². The molecule has 0 radical (unpaired) electrons. The Hall–Kier alpha value is -1.96. The quantitative estimate of drug-likeness (QED) is 0.824. The smallest absolute Gasteiger partial charge is 0.130 e. The van der Waals surface area contributed by atoms with Gasteiger partial charge in [0.15, 0.2) is 0 Å². The van der Waals surface area contributed by atoms with Crippen molar-refractivity contribution < 1.29 is 9.84 Å². The highest BCUT2D eigenvalue weighted by Crippen LogP contribution is 2.41. The zero-order chi connectivity index (χ0) is 15.6. The first-order valence-corrected chi connectivity index (χ1v) is 7.45. The van der Waals surface area contributed by atoms with Crippen molar-refractivity contribution >= 4 is 0 Å². The van der Waals surface area contributed by atoms with Crippen molar-refractivity contribution in [3.8, 4) is 22.6 Å². The Morgan fingerprint density at radius 3 is 1.95 bits per heavy atom. The topological polar surface area (TPSA) is 29.5 Å². The van der Waals surface area contributed by atoms with E-state index in [1.54, 1.807) is 19.2 Å². The van der Waals surface area contributed by atoms with Gasteiger partial charge >= 0.3 is 0 Å². The average molecular weight is 284 g/mol. The van der Waals surface area contributed by atoms with Crippen molar-refractivity contribution in [2.24, 2.45) is 0 Å². The van der Waals surface area contributed by atoms with Crippen LogP contribution in [0.5, 0.6) is 11.5 Å². The van der Waals surface area contributed by atoms with Crippen molar-refractivity contribution in [1.29, 1.82) is 0 Å². The van der Waals surface area contributed by atoms with Gasteiger partial charge in [0.25, 0.3) is 0 Å². The molecule has 112 valence electrons. The first-order valence-electron chi connectivity index (χ1n) is 7.45. The molecule has 2 rings (SSSR count). The van der Waals surface area contributed by atoms with Crippen LogP contribution in [0.2, 0.25) is 0 Å². The van der Waals surface area contributed by atoms with E-state index in [1.165, 1.54) is 16.7 Å². The third-order valence-corrected chi connectivity index (χ3v) is 3.83. The first-order chi connectivity index (χ1) is 9.95. The summed E-state index contributed by atoms with van der Waals surface area (Å²) in [7, 11) is 1.64. The summed E-state index contributed by atoms with van der Waals surface area (Å²) in [6.45, 7) is 8.82. The third-order valence-electron chi connectivity index (χ3n) is 3.83. The molecule has 2 aromatic rings. The minimum atomic E-state index is 0.226. The minimum Gasteiger partial charge on any atom is -0.508 e. The molecular formula is C19H24O2. The van der Waals surface area contributed by atoms with E-state index in [9.17, 15) is 5.11 Å². The molecule has 2 nitrogen and oxygen atoms in total. The first kappa shape index (κ1) is 15.4. The molecule has 0 heterocycles. The second-order valence-electron chi connectivity index (χ2n) is 6.01. The van der Waals surface area contributed by atoms with E-state index in [2.05, 4.69) is 45.9 Å². The predicted molar refractivity (Wildman–Crippen MR) is 88.3 cm³/mol. The van der Waals surface area contributed by atoms with Crippen LogP contribution in [0.15, 0.2) is 36.4 Å². The number of ether oxygens (including phenoxy) is 1. The van der Waals surface area contributed by atoms with Gasteiger partial charge in [0.05, 0.1) is 7.11 Å². The van der Waals surface area contributed by atoms with Crippen LogP contribution in [-0.4, -0.2) is 12.2 Å². The standard InChI is InChI=1S/C19H24O2/c1-12(2)15-7-6-8-16(13(3)4)19(15)17-10-9-14(20)11-18(17)21-5/h6-13,20H,1-5H3. The van der Waals surface area contributed by atoms with Gasteiger partial charge in [0.2, 0.25) is 0 Å². The average Bonchev–Trinajstić information content (AvgIpc) is 2.46. The van der Waals surface area contributed by atoms with E-state index >= 15 is 0 Å². The van der Waals surface area contributed by atoms with Crippen LogP contribution < -0.4 is 4.74 Å². The lowest BCUT2D eigenvalue weighted by molar-refractivity contribution is 0.409. The van der Waals surface area contributed by atoms with E-state index in [-0.39, 0.29) is 5.75 Å². The number of hydrogen-bond acceptors (Lipinski definition) is 2. The van der Waals surface area contributed by atoms with Gasteiger partial charge < -0.3 is 9.84 Å². The molecular weight excluding hydrogens is 260 g/mol. The van der Waals surface area contributed by atoms with Crippen molar-refractivity contribution in [2.45, 2.75) is 39.5 Å². The molecule has 0 amide bonds. The summed E-state index contributed by atoms with van der Waals surface area (Å²) in [6, 6.07) is 11.8. The fourth-order valence-electron chi connectivity index (χ4n) is 2.75. The Kier molecular flexibility index (Phi) is 4.56. The van der Waals surface area contributed by atoms with Gasteiger partial charge in [-0.05, 0) is 40.7 Å². The maximum absolute atomic E-state index is 9.69. The van der Waals surface area contributed by atoms with Crippen LogP contribution in [0.1, 0.15) is 50.7 Å². The number of hydrogen-bond donors (Lipinski definition) is 1. The summed E-state index contributed by atoms with van der Waals surface area (Å²) in [4.78, 5) is 0. The molecule has 0 aromatic heterocycles. The zero-order valence-corrected chi connectivity index (χ0v) is 13.5. The largest absolute Gasteiger partial charge is 0.508 e. The molecule has 0 unspecified atom stereocenters. The fraction of sp³-hybridized carbons (Fsp3) is 0.368. The number of methoxy groups -OCH3 is 1. The van der Waals surface area contributed by atoms with Crippen LogP contribution in [0.25, 0.3) is 11.1 Å². The summed E-state index contributed by atoms with van der Waals surface area (Å²) < 4.78 is 5.49. The third kappa shape index (κ3) is 3.05. The highest BCUT2D eigenvalue weighted by atomic mass is 16.5. The van der Waals surface area contributed by atoms with E-state index in [1.807, 2.05) is 6.07 Å². The lowest BCUT2D eigenvalue weighted by Gasteiger charge is -2.21. The number of rotatable bonds is 4. The molecule has 0 aliphatic carbocycles. The molecule has 0 saturated carbocycles. The predicted octanol–water partition coefficient (Wildman–Crippen LogP) is 5.31. The maximum Gasteiger partial charge on any atom is 0.130 e. The van der Waals surface area contributed by atoms with Crippen LogP contribution >= 0.6 is 0 Å².